The van der Waals surface area contributed by atoms with Crippen LogP contribution in [0.3, 0.4) is 0 Å². The van der Waals surface area contributed by atoms with Gasteiger partial charge in [-0.25, -0.2) is 0 Å². The van der Waals surface area contributed by atoms with Gasteiger partial charge in [-0.1, -0.05) is 0 Å². The van der Waals surface area contributed by atoms with E-state index in [0.29, 0.717) is 17.6 Å². The smallest absolute Gasteiger partial charge is 0.303 e. The maximum Gasteiger partial charge on any atom is 0.303 e. The van der Waals surface area contributed by atoms with Crippen molar-refractivity contribution in [2.75, 3.05) is 27.2 Å². The van der Waals surface area contributed by atoms with Crippen molar-refractivity contribution in [2.45, 2.75) is 12.8 Å². The number of amides is 2. The molecule has 0 unspecified atom stereocenters. The van der Waals surface area contributed by atoms with Crippen LogP contribution >= 0.6 is 15.9 Å². The number of carboxylic acids is 1. The molecule has 1 aromatic rings. The van der Waals surface area contributed by atoms with Crippen LogP contribution in [0.4, 0.5) is 0 Å². The number of aliphatic carboxylic acids is 1. The first kappa shape index (κ1) is 17.2. The highest BCUT2D eigenvalue weighted by molar-refractivity contribution is 9.10. The summed E-state index contributed by atoms with van der Waals surface area (Å²) in [6, 6.07) is 3.12. The molecular weight excluding hydrogens is 344 g/mol. The maximum atomic E-state index is 12.0. The van der Waals surface area contributed by atoms with E-state index in [9.17, 15) is 14.4 Å². The van der Waals surface area contributed by atoms with Crippen molar-refractivity contribution >= 4 is 33.7 Å². The number of rotatable bonds is 7. The molecule has 1 heterocycles. The van der Waals surface area contributed by atoms with Crippen LogP contribution < -0.4 is 0 Å². The van der Waals surface area contributed by atoms with E-state index in [2.05, 4.69) is 15.9 Å². The molecule has 1 aromatic heterocycles. The zero-order valence-corrected chi connectivity index (χ0v) is 13.4. The topological polar surface area (TPSA) is 91.1 Å². The first-order chi connectivity index (χ1) is 9.81. The molecular formula is C13H17BrN2O5. The molecule has 0 spiro atoms. The summed E-state index contributed by atoms with van der Waals surface area (Å²) in [5.41, 5.74) is 0. The number of hydrogen-bond acceptors (Lipinski definition) is 4. The minimum absolute atomic E-state index is 0.00676. The van der Waals surface area contributed by atoms with Crippen LogP contribution in [0.25, 0.3) is 0 Å². The minimum Gasteiger partial charge on any atom is -0.481 e. The summed E-state index contributed by atoms with van der Waals surface area (Å²) in [6.45, 7) is 0.236. The van der Waals surface area contributed by atoms with Crippen molar-refractivity contribution in [3.8, 4) is 0 Å². The Bertz CT molecular complexity index is 528. The van der Waals surface area contributed by atoms with Crippen LogP contribution in [0, 0.1) is 0 Å². The Labute approximate surface area is 130 Å². The van der Waals surface area contributed by atoms with Gasteiger partial charge in [-0.15, -0.1) is 0 Å². The van der Waals surface area contributed by atoms with Crippen molar-refractivity contribution in [3.63, 3.8) is 0 Å². The van der Waals surface area contributed by atoms with E-state index in [1.165, 1.54) is 22.9 Å². The largest absolute Gasteiger partial charge is 0.481 e. The van der Waals surface area contributed by atoms with Gasteiger partial charge in [0.2, 0.25) is 5.91 Å². The summed E-state index contributed by atoms with van der Waals surface area (Å²) in [7, 11) is 3.08. The number of carbonyl (C=O) groups is 3. The molecule has 0 aromatic carbocycles. The van der Waals surface area contributed by atoms with E-state index in [-0.39, 0.29) is 24.6 Å². The maximum absolute atomic E-state index is 12.0. The highest BCUT2D eigenvalue weighted by Crippen LogP contribution is 2.15. The van der Waals surface area contributed by atoms with Crippen LogP contribution in [-0.2, 0) is 9.59 Å². The van der Waals surface area contributed by atoms with Crippen LogP contribution in [0.15, 0.2) is 21.2 Å². The Kier molecular flexibility index (Phi) is 6.41. The first-order valence-corrected chi connectivity index (χ1v) is 7.07. The number of carboxylic acid groups (broad SMARTS) is 1. The SMILES string of the molecule is CN(CCCC(=O)O)C(=O)CN(C)C(=O)c1ccc(Br)o1. The van der Waals surface area contributed by atoms with Gasteiger partial charge < -0.3 is 19.3 Å². The molecule has 1 N–H and O–H groups in total. The molecule has 7 nitrogen and oxygen atoms in total. The summed E-state index contributed by atoms with van der Waals surface area (Å²) < 4.78 is 5.58. The molecule has 2 amide bonds. The van der Waals surface area contributed by atoms with Gasteiger partial charge in [0.05, 0.1) is 6.54 Å². The van der Waals surface area contributed by atoms with E-state index < -0.39 is 11.9 Å². The molecule has 1 rings (SSSR count). The molecule has 0 atom stereocenters. The highest BCUT2D eigenvalue weighted by atomic mass is 79.9. The van der Waals surface area contributed by atoms with Crippen molar-refractivity contribution in [1.29, 1.82) is 0 Å². The lowest BCUT2D eigenvalue weighted by Crippen LogP contribution is -2.39. The van der Waals surface area contributed by atoms with E-state index >= 15 is 0 Å². The fourth-order valence-corrected chi connectivity index (χ4v) is 1.91. The van der Waals surface area contributed by atoms with Gasteiger partial charge in [0.1, 0.15) is 0 Å². The van der Waals surface area contributed by atoms with Gasteiger partial charge in [0.25, 0.3) is 5.91 Å². The number of likely N-dealkylation sites (N-methyl/N-ethyl adjacent to an activating group) is 2. The fraction of sp³-hybridized carbons (Fsp3) is 0.462. The third-order valence-electron chi connectivity index (χ3n) is 2.81. The van der Waals surface area contributed by atoms with Gasteiger partial charge in [-0.05, 0) is 34.5 Å². The number of hydrogen-bond donors (Lipinski definition) is 1. The van der Waals surface area contributed by atoms with Crippen molar-refractivity contribution in [3.05, 3.63) is 22.6 Å². The molecule has 0 bridgehead atoms. The van der Waals surface area contributed by atoms with E-state index in [0.717, 1.165) is 0 Å². The van der Waals surface area contributed by atoms with E-state index in [1.54, 1.807) is 13.1 Å². The van der Waals surface area contributed by atoms with Crippen molar-refractivity contribution in [2.24, 2.45) is 0 Å². The zero-order chi connectivity index (χ0) is 16.0. The molecule has 8 heteroatoms. The van der Waals surface area contributed by atoms with Gasteiger partial charge >= 0.3 is 5.97 Å². The Morgan fingerprint density at radius 2 is 1.90 bits per heavy atom. The van der Waals surface area contributed by atoms with Crippen molar-refractivity contribution < 1.29 is 23.9 Å². The average Bonchev–Trinajstić information content (AvgIpc) is 2.83. The lowest BCUT2D eigenvalue weighted by molar-refractivity contribution is -0.138. The van der Waals surface area contributed by atoms with Gasteiger partial charge in [-0.2, -0.15) is 0 Å². The second-order valence-electron chi connectivity index (χ2n) is 4.58. The monoisotopic (exact) mass is 360 g/mol. The summed E-state index contributed by atoms with van der Waals surface area (Å²) in [5.74, 6) is -1.41. The normalized spacial score (nSPS) is 10.2. The molecule has 21 heavy (non-hydrogen) atoms. The number of halogens is 1. The van der Waals surface area contributed by atoms with Gasteiger partial charge in [-0.3, -0.25) is 14.4 Å². The Balaban J connectivity index is 2.45. The predicted octanol–water partition coefficient (Wildman–Crippen LogP) is 1.44. The van der Waals surface area contributed by atoms with E-state index in [4.69, 9.17) is 9.52 Å². The Hall–Kier alpha value is -1.83. The predicted molar refractivity (Wildman–Crippen MR) is 77.9 cm³/mol. The highest BCUT2D eigenvalue weighted by Gasteiger charge is 2.19. The fourth-order valence-electron chi connectivity index (χ4n) is 1.60. The molecule has 0 saturated carbocycles. The Morgan fingerprint density at radius 1 is 1.24 bits per heavy atom. The van der Waals surface area contributed by atoms with E-state index in [1.807, 2.05) is 0 Å². The molecule has 116 valence electrons. The van der Waals surface area contributed by atoms with Gasteiger partial charge in [0, 0.05) is 27.1 Å². The summed E-state index contributed by atoms with van der Waals surface area (Å²) in [6.07, 6.45) is 0.382. The molecule has 0 aliphatic heterocycles. The quantitative estimate of drug-likeness (QED) is 0.794. The standard InChI is InChI=1S/C13H17BrN2O5/c1-15(7-3-4-12(18)19)11(17)8-16(2)13(20)9-5-6-10(14)21-9/h5-6H,3-4,7-8H2,1-2H3,(H,18,19). The lowest BCUT2D eigenvalue weighted by Gasteiger charge is -2.21. The van der Waals surface area contributed by atoms with Crippen LogP contribution in [0.1, 0.15) is 23.4 Å². The second kappa shape index (κ2) is 7.82. The van der Waals surface area contributed by atoms with Crippen LogP contribution in [-0.4, -0.2) is 59.9 Å². The number of furan rings is 1. The number of carbonyl (C=O) groups excluding carboxylic acids is 2. The molecule has 0 aliphatic rings. The van der Waals surface area contributed by atoms with Crippen LogP contribution in [0.2, 0.25) is 0 Å². The average molecular weight is 361 g/mol. The molecule has 0 aliphatic carbocycles. The van der Waals surface area contributed by atoms with Crippen molar-refractivity contribution in [1.82, 2.24) is 9.80 Å². The molecule has 0 radical (unpaired) electrons. The second-order valence-corrected chi connectivity index (χ2v) is 5.36. The minimum atomic E-state index is -0.897. The zero-order valence-electron chi connectivity index (χ0n) is 11.8. The molecule has 0 saturated heterocycles. The van der Waals surface area contributed by atoms with Crippen LogP contribution in [0.5, 0.6) is 0 Å². The summed E-state index contributed by atoms with van der Waals surface area (Å²) in [4.78, 5) is 37.0. The first-order valence-electron chi connectivity index (χ1n) is 6.28. The third kappa shape index (κ3) is 5.58. The number of nitrogens with zero attached hydrogens (tertiary/aromatic N) is 2. The molecule has 0 fully saturated rings. The lowest BCUT2D eigenvalue weighted by atomic mass is 10.3. The Morgan fingerprint density at radius 3 is 2.43 bits per heavy atom. The third-order valence-corrected chi connectivity index (χ3v) is 3.24. The van der Waals surface area contributed by atoms with Gasteiger partial charge in [0.15, 0.2) is 10.4 Å². The summed E-state index contributed by atoms with van der Waals surface area (Å²) in [5, 5.41) is 8.54. The summed E-state index contributed by atoms with van der Waals surface area (Å²) >= 11 is 3.10.